The number of hydrogen-bond donors (Lipinski definition) is 1. The number of ether oxygens (including phenoxy) is 3. The second kappa shape index (κ2) is 7.32. The van der Waals surface area contributed by atoms with Gasteiger partial charge in [-0.15, -0.1) is 0 Å². The van der Waals surface area contributed by atoms with E-state index in [1.165, 1.54) is 25.7 Å². The van der Waals surface area contributed by atoms with Gasteiger partial charge in [0.05, 0.1) is 27.8 Å². The molecule has 3 rings (SSSR count). The van der Waals surface area contributed by atoms with E-state index < -0.39 is 0 Å². The van der Waals surface area contributed by atoms with Gasteiger partial charge >= 0.3 is 0 Å². The smallest absolute Gasteiger partial charge is 0.224 e. The van der Waals surface area contributed by atoms with Gasteiger partial charge in [0.1, 0.15) is 0 Å². The molecular weight excluding hydrogens is 306 g/mol. The molecule has 2 fully saturated rings. The fourth-order valence-corrected chi connectivity index (χ4v) is 4.36. The van der Waals surface area contributed by atoms with E-state index in [2.05, 4.69) is 5.32 Å². The fourth-order valence-electron chi connectivity index (χ4n) is 4.36. The Kier molecular flexibility index (Phi) is 5.17. The van der Waals surface area contributed by atoms with Crippen molar-refractivity contribution in [3.8, 4) is 17.2 Å². The highest BCUT2D eigenvalue weighted by Gasteiger charge is 2.39. The minimum atomic E-state index is 0.0482. The molecule has 0 spiro atoms. The van der Waals surface area contributed by atoms with Gasteiger partial charge in [-0.1, -0.05) is 6.42 Å². The molecule has 0 aromatic heterocycles. The zero-order valence-corrected chi connectivity index (χ0v) is 14.8. The molecule has 0 heterocycles. The Balaban J connectivity index is 1.59. The van der Waals surface area contributed by atoms with Crippen LogP contribution in [-0.2, 0) is 11.2 Å². The second-order valence-corrected chi connectivity index (χ2v) is 6.95. The summed E-state index contributed by atoms with van der Waals surface area (Å²) in [6.07, 6.45) is 5.71. The van der Waals surface area contributed by atoms with Gasteiger partial charge < -0.3 is 19.5 Å². The average molecular weight is 333 g/mol. The van der Waals surface area contributed by atoms with Crippen molar-refractivity contribution in [1.29, 1.82) is 0 Å². The van der Waals surface area contributed by atoms with Crippen LogP contribution in [0.25, 0.3) is 0 Å². The Morgan fingerprint density at radius 2 is 1.79 bits per heavy atom. The van der Waals surface area contributed by atoms with E-state index in [1.807, 2.05) is 12.1 Å². The Labute approximate surface area is 143 Å². The Hall–Kier alpha value is -1.91. The first-order chi connectivity index (χ1) is 11.6. The summed E-state index contributed by atoms with van der Waals surface area (Å²) in [5.74, 6) is 4.16. The molecule has 5 heteroatoms. The van der Waals surface area contributed by atoms with Crippen molar-refractivity contribution in [1.82, 2.24) is 5.32 Å². The summed E-state index contributed by atoms with van der Waals surface area (Å²) in [5.41, 5.74) is 0.856. The number of rotatable bonds is 7. The molecule has 1 N–H and O–H groups in total. The van der Waals surface area contributed by atoms with Crippen LogP contribution in [-0.4, -0.2) is 33.8 Å². The van der Waals surface area contributed by atoms with Gasteiger partial charge in [0.15, 0.2) is 11.5 Å². The quantitative estimate of drug-likeness (QED) is 0.834. The van der Waals surface area contributed by atoms with Gasteiger partial charge in [-0.05, 0) is 54.7 Å². The highest BCUT2D eigenvalue weighted by atomic mass is 16.5. The molecule has 1 aromatic rings. The van der Waals surface area contributed by atoms with Crippen molar-refractivity contribution < 1.29 is 19.0 Å². The molecule has 0 unspecified atom stereocenters. The molecule has 2 bridgehead atoms. The first kappa shape index (κ1) is 16.9. The minimum absolute atomic E-state index is 0.0482. The van der Waals surface area contributed by atoms with Crippen molar-refractivity contribution in [3.05, 3.63) is 17.7 Å². The Morgan fingerprint density at radius 3 is 2.29 bits per heavy atom. The van der Waals surface area contributed by atoms with Crippen LogP contribution in [0.2, 0.25) is 0 Å². The lowest BCUT2D eigenvalue weighted by atomic mass is 9.89. The van der Waals surface area contributed by atoms with E-state index >= 15 is 0 Å². The molecule has 3 atom stereocenters. The Bertz CT molecular complexity index is 576. The van der Waals surface area contributed by atoms with E-state index in [1.54, 1.807) is 21.3 Å². The molecule has 24 heavy (non-hydrogen) atoms. The number of carbonyl (C=O) groups is 1. The molecule has 132 valence electrons. The third-order valence-electron chi connectivity index (χ3n) is 5.54. The highest BCUT2D eigenvalue weighted by molar-refractivity contribution is 5.79. The third kappa shape index (κ3) is 3.45. The summed E-state index contributed by atoms with van der Waals surface area (Å²) in [6.45, 7) is 0.810. The number of carbonyl (C=O) groups excluding carboxylic acids is 1. The van der Waals surface area contributed by atoms with Crippen LogP contribution in [0.15, 0.2) is 12.1 Å². The van der Waals surface area contributed by atoms with E-state index in [0.717, 1.165) is 23.9 Å². The average Bonchev–Trinajstić information content (AvgIpc) is 3.22. The lowest BCUT2D eigenvalue weighted by Crippen LogP contribution is -2.32. The van der Waals surface area contributed by atoms with Gasteiger partial charge in [0.2, 0.25) is 11.7 Å². The van der Waals surface area contributed by atoms with Crippen LogP contribution in [0.4, 0.5) is 0 Å². The van der Waals surface area contributed by atoms with Gasteiger partial charge in [-0.2, -0.15) is 0 Å². The van der Waals surface area contributed by atoms with Crippen molar-refractivity contribution in [3.63, 3.8) is 0 Å². The first-order valence-corrected chi connectivity index (χ1v) is 8.70. The number of fused-ring (bicyclic) bond motifs is 2. The van der Waals surface area contributed by atoms with Crippen molar-refractivity contribution in [2.75, 3.05) is 27.9 Å². The summed E-state index contributed by atoms with van der Waals surface area (Å²) in [7, 11) is 4.73. The molecule has 2 aliphatic carbocycles. The van der Waals surface area contributed by atoms with Gasteiger partial charge in [0.25, 0.3) is 0 Å². The fraction of sp³-hybridized carbons (Fsp3) is 0.632. The molecule has 2 saturated carbocycles. The first-order valence-electron chi connectivity index (χ1n) is 8.70. The van der Waals surface area contributed by atoms with Crippen LogP contribution in [0.3, 0.4) is 0 Å². The maximum absolute atomic E-state index is 12.3. The zero-order valence-electron chi connectivity index (χ0n) is 14.8. The lowest BCUT2D eigenvalue weighted by Gasteiger charge is -2.22. The van der Waals surface area contributed by atoms with E-state index in [-0.39, 0.29) is 5.91 Å². The van der Waals surface area contributed by atoms with Gasteiger partial charge in [-0.3, -0.25) is 4.79 Å². The van der Waals surface area contributed by atoms with Crippen molar-refractivity contribution in [2.45, 2.75) is 32.1 Å². The van der Waals surface area contributed by atoms with Crippen LogP contribution >= 0.6 is 0 Å². The van der Waals surface area contributed by atoms with Crippen molar-refractivity contribution >= 4 is 5.91 Å². The summed E-state index contributed by atoms with van der Waals surface area (Å²) in [4.78, 5) is 12.3. The SMILES string of the molecule is COc1cc(CC(=O)NC[C@H]2C[C@H]3CC[C@H]2C3)cc(OC)c1OC. The van der Waals surface area contributed by atoms with E-state index in [9.17, 15) is 4.79 Å². The molecule has 5 nitrogen and oxygen atoms in total. The summed E-state index contributed by atoms with van der Waals surface area (Å²) >= 11 is 0. The number of amides is 1. The van der Waals surface area contributed by atoms with Crippen LogP contribution in [0.1, 0.15) is 31.2 Å². The zero-order chi connectivity index (χ0) is 17.1. The van der Waals surface area contributed by atoms with Gasteiger partial charge in [-0.25, -0.2) is 0 Å². The largest absolute Gasteiger partial charge is 0.493 e. The molecule has 0 radical (unpaired) electrons. The number of methoxy groups -OCH3 is 3. The summed E-state index contributed by atoms with van der Waals surface area (Å²) < 4.78 is 16.0. The van der Waals surface area contributed by atoms with Crippen LogP contribution in [0.5, 0.6) is 17.2 Å². The van der Waals surface area contributed by atoms with E-state index in [4.69, 9.17) is 14.2 Å². The molecule has 1 aromatic carbocycles. The maximum atomic E-state index is 12.3. The topological polar surface area (TPSA) is 56.8 Å². The lowest BCUT2D eigenvalue weighted by molar-refractivity contribution is -0.120. The van der Waals surface area contributed by atoms with Crippen LogP contribution in [0, 0.1) is 17.8 Å². The summed E-state index contributed by atoms with van der Waals surface area (Å²) in [6, 6.07) is 3.66. The molecule has 0 aliphatic heterocycles. The molecular formula is C19H27NO4. The number of hydrogen-bond acceptors (Lipinski definition) is 4. The molecule has 1 amide bonds. The predicted molar refractivity (Wildman–Crippen MR) is 91.7 cm³/mol. The second-order valence-electron chi connectivity index (χ2n) is 6.95. The normalized spacial score (nSPS) is 24.7. The third-order valence-corrected chi connectivity index (χ3v) is 5.54. The number of benzene rings is 1. The minimum Gasteiger partial charge on any atom is -0.493 e. The maximum Gasteiger partial charge on any atom is 0.224 e. The highest BCUT2D eigenvalue weighted by Crippen LogP contribution is 2.48. The van der Waals surface area contributed by atoms with Crippen LogP contribution < -0.4 is 19.5 Å². The van der Waals surface area contributed by atoms with E-state index in [0.29, 0.717) is 29.6 Å². The standard InChI is InChI=1S/C19H27NO4/c1-22-16-8-13(9-17(23-2)19(16)24-3)10-18(21)20-11-15-7-12-4-5-14(15)6-12/h8-9,12,14-15H,4-7,10-11H2,1-3H3,(H,20,21)/t12-,14-,15+/m0/s1. The molecule has 0 saturated heterocycles. The monoisotopic (exact) mass is 333 g/mol. The van der Waals surface area contributed by atoms with Gasteiger partial charge in [0, 0.05) is 6.54 Å². The molecule has 2 aliphatic rings. The predicted octanol–water partition coefficient (Wildman–Crippen LogP) is 2.81. The summed E-state index contributed by atoms with van der Waals surface area (Å²) in [5, 5.41) is 3.11. The van der Waals surface area contributed by atoms with Crippen molar-refractivity contribution in [2.24, 2.45) is 17.8 Å². The number of nitrogens with one attached hydrogen (secondary N) is 1. The Morgan fingerprint density at radius 1 is 1.08 bits per heavy atom.